The Kier molecular flexibility index (Phi) is 7.49. The van der Waals surface area contributed by atoms with Crippen LogP contribution in [0.1, 0.15) is 13.3 Å². The molecular weight excluding hydrogens is 210 g/mol. The zero-order valence-electron chi connectivity index (χ0n) is 10.2. The second-order valence-corrected chi connectivity index (χ2v) is 3.49. The molecule has 0 saturated heterocycles. The summed E-state index contributed by atoms with van der Waals surface area (Å²) in [6.45, 7) is 2.66. The molecule has 0 radical (unpaired) electrons. The molecule has 0 fully saturated rings. The topological polar surface area (TPSA) is 84.7 Å². The van der Waals surface area contributed by atoms with Crippen molar-refractivity contribution in [3.63, 3.8) is 0 Å². The van der Waals surface area contributed by atoms with Crippen LogP contribution in [0.3, 0.4) is 0 Å². The summed E-state index contributed by atoms with van der Waals surface area (Å²) in [5.41, 5.74) is 5.63. The lowest BCUT2D eigenvalue weighted by Crippen LogP contribution is -2.49. The van der Waals surface area contributed by atoms with Crippen LogP contribution in [0.15, 0.2) is 0 Å². The molecule has 0 heterocycles. The van der Waals surface area contributed by atoms with Crippen molar-refractivity contribution in [2.24, 2.45) is 5.73 Å². The van der Waals surface area contributed by atoms with Crippen LogP contribution < -0.4 is 11.1 Å². The van der Waals surface area contributed by atoms with Gasteiger partial charge in [-0.1, -0.05) is 6.92 Å². The number of nitrogens with two attached hydrogens (primary N) is 1. The standard InChI is InChI=1S/C10H21N3O3/c1-4-5-13(6-9(14)12-2)10(15)8(11)7-16-3/h8H,4-7,11H2,1-3H3,(H,12,14). The van der Waals surface area contributed by atoms with Gasteiger partial charge in [0, 0.05) is 20.7 Å². The van der Waals surface area contributed by atoms with E-state index in [1.54, 1.807) is 0 Å². The van der Waals surface area contributed by atoms with E-state index in [4.69, 9.17) is 10.5 Å². The van der Waals surface area contributed by atoms with Crippen LogP contribution >= 0.6 is 0 Å². The van der Waals surface area contributed by atoms with E-state index in [0.717, 1.165) is 6.42 Å². The van der Waals surface area contributed by atoms with E-state index in [9.17, 15) is 9.59 Å². The first-order valence-corrected chi connectivity index (χ1v) is 5.30. The molecule has 1 atom stereocenters. The lowest BCUT2D eigenvalue weighted by molar-refractivity contribution is -0.137. The van der Waals surface area contributed by atoms with Crippen molar-refractivity contribution in [3.8, 4) is 0 Å². The normalized spacial score (nSPS) is 12.0. The summed E-state index contributed by atoms with van der Waals surface area (Å²) in [6, 6.07) is -0.707. The zero-order chi connectivity index (χ0) is 12.6. The Morgan fingerprint density at radius 3 is 2.56 bits per heavy atom. The number of rotatable bonds is 7. The van der Waals surface area contributed by atoms with E-state index >= 15 is 0 Å². The number of likely N-dealkylation sites (N-methyl/N-ethyl adjacent to an activating group) is 1. The number of carbonyl (C=O) groups excluding carboxylic acids is 2. The Morgan fingerprint density at radius 2 is 2.12 bits per heavy atom. The van der Waals surface area contributed by atoms with Gasteiger partial charge >= 0.3 is 0 Å². The van der Waals surface area contributed by atoms with Crippen LogP contribution in [0.4, 0.5) is 0 Å². The first-order chi connectivity index (χ1) is 7.56. The molecule has 16 heavy (non-hydrogen) atoms. The van der Waals surface area contributed by atoms with Gasteiger partial charge < -0.3 is 20.7 Å². The Bertz CT molecular complexity index is 233. The summed E-state index contributed by atoms with van der Waals surface area (Å²) in [6.07, 6.45) is 0.780. The van der Waals surface area contributed by atoms with Gasteiger partial charge in [-0.2, -0.15) is 0 Å². The number of ether oxygens (including phenoxy) is 1. The smallest absolute Gasteiger partial charge is 0.242 e. The van der Waals surface area contributed by atoms with Crippen molar-refractivity contribution in [3.05, 3.63) is 0 Å². The number of nitrogens with zero attached hydrogens (tertiary/aromatic N) is 1. The first-order valence-electron chi connectivity index (χ1n) is 5.30. The third-order valence-electron chi connectivity index (χ3n) is 2.08. The maximum atomic E-state index is 11.8. The summed E-state index contributed by atoms with van der Waals surface area (Å²) in [7, 11) is 3.02. The van der Waals surface area contributed by atoms with Gasteiger partial charge in [0.15, 0.2) is 0 Å². The molecule has 0 aromatic heterocycles. The highest BCUT2D eigenvalue weighted by Crippen LogP contribution is 1.96. The number of carbonyl (C=O) groups is 2. The first kappa shape index (κ1) is 14.9. The number of hydrogen-bond donors (Lipinski definition) is 2. The summed E-state index contributed by atoms with van der Waals surface area (Å²) in [4.78, 5) is 24.5. The van der Waals surface area contributed by atoms with Crippen LogP contribution in [0.5, 0.6) is 0 Å². The number of hydrogen-bond acceptors (Lipinski definition) is 4. The number of nitrogens with one attached hydrogen (secondary N) is 1. The molecule has 0 aliphatic rings. The molecule has 0 spiro atoms. The van der Waals surface area contributed by atoms with Gasteiger partial charge in [-0.3, -0.25) is 9.59 Å². The minimum absolute atomic E-state index is 0.0422. The third kappa shape index (κ3) is 5.09. The van der Waals surface area contributed by atoms with Crippen molar-refractivity contribution in [2.45, 2.75) is 19.4 Å². The van der Waals surface area contributed by atoms with Gasteiger partial charge in [0.2, 0.25) is 11.8 Å². The highest BCUT2D eigenvalue weighted by molar-refractivity contribution is 5.87. The monoisotopic (exact) mass is 231 g/mol. The van der Waals surface area contributed by atoms with Crippen LogP contribution in [-0.4, -0.2) is 56.6 Å². The van der Waals surface area contributed by atoms with Crippen LogP contribution in [-0.2, 0) is 14.3 Å². The van der Waals surface area contributed by atoms with E-state index in [0.29, 0.717) is 6.54 Å². The molecule has 0 aliphatic carbocycles. The molecule has 0 aromatic carbocycles. The highest BCUT2D eigenvalue weighted by Gasteiger charge is 2.21. The van der Waals surface area contributed by atoms with E-state index in [-0.39, 0.29) is 25.0 Å². The Hall–Kier alpha value is -1.14. The second-order valence-electron chi connectivity index (χ2n) is 3.49. The minimum atomic E-state index is -0.707. The molecule has 3 N–H and O–H groups in total. The predicted octanol–water partition coefficient (Wildman–Crippen LogP) is -1.06. The molecule has 0 aliphatic heterocycles. The van der Waals surface area contributed by atoms with Crippen molar-refractivity contribution in [1.82, 2.24) is 10.2 Å². The van der Waals surface area contributed by atoms with Gasteiger partial charge in [-0.05, 0) is 6.42 Å². The zero-order valence-corrected chi connectivity index (χ0v) is 10.2. The maximum Gasteiger partial charge on any atom is 0.242 e. The maximum absolute atomic E-state index is 11.8. The van der Waals surface area contributed by atoms with Gasteiger partial charge in [0.05, 0.1) is 13.2 Å². The van der Waals surface area contributed by atoms with E-state index in [2.05, 4.69) is 5.32 Å². The summed E-state index contributed by atoms with van der Waals surface area (Å²) in [5, 5.41) is 2.47. The average Bonchev–Trinajstić information content (AvgIpc) is 2.27. The average molecular weight is 231 g/mol. The van der Waals surface area contributed by atoms with Crippen LogP contribution in [0, 0.1) is 0 Å². The summed E-state index contributed by atoms with van der Waals surface area (Å²) >= 11 is 0. The number of methoxy groups -OCH3 is 1. The van der Waals surface area contributed by atoms with E-state index in [1.807, 2.05) is 6.92 Å². The van der Waals surface area contributed by atoms with Gasteiger partial charge in [0.25, 0.3) is 0 Å². The van der Waals surface area contributed by atoms with Gasteiger partial charge in [-0.15, -0.1) is 0 Å². The fraction of sp³-hybridized carbons (Fsp3) is 0.800. The lowest BCUT2D eigenvalue weighted by Gasteiger charge is -2.24. The lowest BCUT2D eigenvalue weighted by atomic mass is 10.2. The largest absolute Gasteiger partial charge is 0.383 e. The molecule has 0 aromatic rings. The van der Waals surface area contributed by atoms with Crippen molar-refractivity contribution in [1.29, 1.82) is 0 Å². The Labute approximate surface area is 96.1 Å². The van der Waals surface area contributed by atoms with Gasteiger partial charge in [0.1, 0.15) is 6.04 Å². The minimum Gasteiger partial charge on any atom is -0.383 e. The van der Waals surface area contributed by atoms with E-state index in [1.165, 1.54) is 19.1 Å². The molecular formula is C10H21N3O3. The molecule has 0 bridgehead atoms. The van der Waals surface area contributed by atoms with Crippen molar-refractivity contribution in [2.75, 3.05) is 33.9 Å². The molecule has 2 amide bonds. The summed E-state index contributed by atoms with van der Waals surface area (Å²) < 4.78 is 4.81. The molecule has 94 valence electrons. The van der Waals surface area contributed by atoms with Crippen molar-refractivity contribution < 1.29 is 14.3 Å². The molecule has 1 unspecified atom stereocenters. The highest BCUT2D eigenvalue weighted by atomic mass is 16.5. The molecule has 6 heteroatoms. The molecule has 0 rings (SSSR count). The third-order valence-corrected chi connectivity index (χ3v) is 2.08. The predicted molar refractivity (Wildman–Crippen MR) is 60.8 cm³/mol. The van der Waals surface area contributed by atoms with E-state index < -0.39 is 6.04 Å². The van der Waals surface area contributed by atoms with Crippen LogP contribution in [0.2, 0.25) is 0 Å². The molecule has 6 nitrogen and oxygen atoms in total. The van der Waals surface area contributed by atoms with Crippen LogP contribution in [0.25, 0.3) is 0 Å². The Morgan fingerprint density at radius 1 is 1.50 bits per heavy atom. The number of amides is 2. The Balaban J connectivity index is 4.38. The van der Waals surface area contributed by atoms with Gasteiger partial charge in [-0.25, -0.2) is 0 Å². The quantitative estimate of drug-likeness (QED) is 0.585. The molecule has 0 saturated carbocycles. The van der Waals surface area contributed by atoms with Crippen molar-refractivity contribution >= 4 is 11.8 Å². The fourth-order valence-corrected chi connectivity index (χ4v) is 1.27. The summed E-state index contributed by atoms with van der Waals surface area (Å²) in [5.74, 6) is -0.460. The fourth-order valence-electron chi connectivity index (χ4n) is 1.27. The second kappa shape index (κ2) is 8.06. The SMILES string of the molecule is CCCN(CC(=O)NC)C(=O)C(N)COC.